The van der Waals surface area contributed by atoms with E-state index in [-0.39, 0.29) is 11.5 Å². The quantitative estimate of drug-likeness (QED) is 0.734. The van der Waals surface area contributed by atoms with Gasteiger partial charge in [-0.05, 0) is 25.3 Å². The molecule has 0 aromatic carbocycles. The van der Waals surface area contributed by atoms with Gasteiger partial charge >= 0.3 is 0 Å². The van der Waals surface area contributed by atoms with Gasteiger partial charge in [0.05, 0.1) is 5.69 Å². The molecule has 1 aromatic rings. The zero-order chi connectivity index (χ0) is 12.3. The van der Waals surface area contributed by atoms with Gasteiger partial charge in [0.2, 0.25) is 5.95 Å². The van der Waals surface area contributed by atoms with Crippen molar-refractivity contribution in [2.75, 3.05) is 18.4 Å². The third kappa shape index (κ3) is 3.30. The van der Waals surface area contributed by atoms with Gasteiger partial charge in [0.15, 0.2) is 0 Å². The molecule has 5 heteroatoms. The third-order valence-electron chi connectivity index (χ3n) is 2.99. The Kier molecular flexibility index (Phi) is 3.78. The molecule has 0 bridgehead atoms. The standard InChI is InChI=1S/C12H20N4O/c1-8(2)10-6-11(17)16-12(15-10)14-9-4-3-5-13-7-9/h6,8-9,13H,3-5,7H2,1-2H3,(H2,14,15,16,17). The molecule has 0 saturated carbocycles. The van der Waals surface area contributed by atoms with Gasteiger partial charge in [-0.2, -0.15) is 0 Å². The van der Waals surface area contributed by atoms with Crippen LogP contribution in [-0.2, 0) is 0 Å². The minimum Gasteiger partial charge on any atom is -0.352 e. The summed E-state index contributed by atoms with van der Waals surface area (Å²) in [5.41, 5.74) is 0.745. The number of aromatic nitrogens is 2. The summed E-state index contributed by atoms with van der Waals surface area (Å²) in [6.45, 7) is 6.07. The van der Waals surface area contributed by atoms with Gasteiger partial charge in [-0.3, -0.25) is 9.78 Å². The Labute approximate surface area is 101 Å². The van der Waals surface area contributed by atoms with E-state index in [1.54, 1.807) is 6.07 Å². The number of H-pyrrole nitrogens is 1. The number of nitrogens with one attached hydrogen (secondary N) is 3. The monoisotopic (exact) mass is 236 g/mol. The van der Waals surface area contributed by atoms with Gasteiger partial charge < -0.3 is 10.6 Å². The van der Waals surface area contributed by atoms with Crippen molar-refractivity contribution >= 4 is 5.95 Å². The van der Waals surface area contributed by atoms with Crippen LogP contribution in [0.3, 0.4) is 0 Å². The Morgan fingerprint density at radius 3 is 3.00 bits per heavy atom. The van der Waals surface area contributed by atoms with Gasteiger partial charge in [-0.15, -0.1) is 0 Å². The predicted octanol–water partition coefficient (Wildman–Crippen LogP) is 1.06. The van der Waals surface area contributed by atoms with Crippen molar-refractivity contribution in [3.05, 3.63) is 22.1 Å². The van der Waals surface area contributed by atoms with Crippen LogP contribution in [0, 0.1) is 0 Å². The second-order valence-corrected chi connectivity index (χ2v) is 4.86. The first-order chi connectivity index (χ1) is 8.15. The molecule has 1 unspecified atom stereocenters. The summed E-state index contributed by atoms with van der Waals surface area (Å²) in [7, 11) is 0. The van der Waals surface area contributed by atoms with Crippen molar-refractivity contribution in [2.45, 2.75) is 38.6 Å². The Morgan fingerprint density at radius 2 is 2.35 bits per heavy atom. The summed E-state index contributed by atoms with van der Waals surface area (Å²) in [5, 5.41) is 6.61. The summed E-state index contributed by atoms with van der Waals surface area (Å²) in [4.78, 5) is 18.7. The lowest BCUT2D eigenvalue weighted by molar-refractivity contribution is 0.477. The molecule has 3 N–H and O–H groups in total. The van der Waals surface area contributed by atoms with Crippen molar-refractivity contribution in [1.29, 1.82) is 0 Å². The van der Waals surface area contributed by atoms with Crippen LogP contribution in [0.4, 0.5) is 5.95 Å². The van der Waals surface area contributed by atoms with E-state index in [1.165, 1.54) is 0 Å². The molecule has 0 aliphatic carbocycles. The smallest absolute Gasteiger partial charge is 0.252 e. The number of piperidine rings is 1. The number of nitrogens with zero attached hydrogens (tertiary/aromatic N) is 1. The van der Waals surface area contributed by atoms with E-state index in [2.05, 4.69) is 20.6 Å². The molecule has 1 fully saturated rings. The first-order valence-electron chi connectivity index (χ1n) is 6.23. The fourth-order valence-corrected chi connectivity index (χ4v) is 2.01. The zero-order valence-electron chi connectivity index (χ0n) is 10.4. The molecular formula is C12H20N4O. The largest absolute Gasteiger partial charge is 0.352 e. The number of aromatic amines is 1. The molecule has 94 valence electrons. The Balaban J connectivity index is 2.11. The second kappa shape index (κ2) is 5.31. The lowest BCUT2D eigenvalue weighted by atomic mass is 10.1. The maximum absolute atomic E-state index is 11.5. The molecule has 1 aliphatic heterocycles. The molecule has 5 nitrogen and oxygen atoms in total. The molecule has 0 spiro atoms. The predicted molar refractivity (Wildman–Crippen MR) is 68.5 cm³/mol. The van der Waals surface area contributed by atoms with Crippen LogP contribution >= 0.6 is 0 Å². The fourth-order valence-electron chi connectivity index (χ4n) is 2.01. The van der Waals surface area contributed by atoms with Crippen LogP contribution in [0.5, 0.6) is 0 Å². The molecule has 2 heterocycles. The van der Waals surface area contributed by atoms with Gasteiger partial charge in [-0.25, -0.2) is 4.98 Å². The first-order valence-corrected chi connectivity index (χ1v) is 6.23. The van der Waals surface area contributed by atoms with Gasteiger partial charge in [-0.1, -0.05) is 13.8 Å². The highest BCUT2D eigenvalue weighted by Gasteiger charge is 2.14. The van der Waals surface area contributed by atoms with Gasteiger partial charge in [0.25, 0.3) is 5.56 Å². The van der Waals surface area contributed by atoms with Crippen molar-refractivity contribution < 1.29 is 0 Å². The number of hydrogen-bond acceptors (Lipinski definition) is 4. The van der Waals surface area contributed by atoms with E-state index >= 15 is 0 Å². The van der Waals surface area contributed by atoms with E-state index in [1.807, 2.05) is 13.8 Å². The molecule has 1 saturated heterocycles. The maximum atomic E-state index is 11.5. The minimum atomic E-state index is -0.0880. The third-order valence-corrected chi connectivity index (χ3v) is 2.99. The van der Waals surface area contributed by atoms with Crippen LogP contribution in [0.15, 0.2) is 10.9 Å². The van der Waals surface area contributed by atoms with Crippen LogP contribution in [0.1, 0.15) is 38.3 Å². The van der Waals surface area contributed by atoms with Crippen LogP contribution in [0.25, 0.3) is 0 Å². The fraction of sp³-hybridized carbons (Fsp3) is 0.667. The van der Waals surface area contributed by atoms with Crippen LogP contribution < -0.4 is 16.2 Å². The lowest BCUT2D eigenvalue weighted by Crippen LogP contribution is -2.39. The average molecular weight is 236 g/mol. The molecule has 17 heavy (non-hydrogen) atoms. The van der Waals surface area contributed by atoms with Gasteiger partial charge in [0.1, 0.15) is 0 Å². The topological polar surface area (TPSA) is 69.8 Å². The van der Waals surface area contributed by atoms with E-state index in [4.69, 9.17) is 0 Å². The number of anilines is 1. The zero-order valence-corrected chi connectivity index (χ0v) is 10.4. The lowest BCUT2D eigenvalue weighted by Gasteiger charge is -2.24. The van der Waals surface area contributed by atoms with E-state index < -0.39 is 0 Å². The Hall–Kier alpha value is -1.36. The van der Waals surface area contributed by atoms with Crippen LogP contribution in [-0.4, -0.2) is 29.1 Å². The normalized spacial score (nSPS) is 20.5. The molecule has 2 rings (SSSR count). The minimum absolute atomic E-state index is 0.0880. The average Bonchev–Trinajstić information content (AvgIpc) is 2.29. The van der Waals surface area contributed by atoms with E-state index in [9.17, 15) is 4.79 Å². The summed E-state index contributed by atoms with van der Waals surface area (Å²) < 4.78 is 0. The first kappa shape index (κ1) is 12.1. The Morgan fingerprint density at radius 1 is 1.53 bits per heavy atom. The maximum Gasteiger partial charge on any atom is 0.252 e. The summed E-state index contributed by atoms with van der Waals surface area (Å²) in [6.07, 6.45) is 2.27. The van der Waals surface area contributed by atoms with Crippen LogP contribution in [0.2, 0.25) is 0 Å². The van der Waals surface area contributed by atoms with Crippen molar-refractivity contribution in [3.8, 4) is 0 Å². The summed E-state index contributed by atoms with van der Waals surface area (Å²) >= 11 is 0. The molecule has 1 aromatic heterocycles. The highest BCUT2D eigenvalue weighted by molar-refractivity contribution is 5.28. The Bertz CT molecular complexity index is 421. The molecule has 1 atom stereocenters. The second-order valence-electron chi connectivity index (χ2n) is 4.86. The number of hydrogen-bond donors (Lipinski definition) is 3. The SMILES string of the molecule is CC(C)c1cc(=O)[nH]c(NC2CCCNC2)n1. The highest BCUT2D eigenvalue weighted by atomic mass is 16.1. The van der Waals surface area contributed by atoms with E-state index in [0.717, 1.165) is 31.6 Å². The molecular weight excluding hydrogens is 216 g/mol. The van der Waals surface area contributed by atoms with Crippen molar-refractivity contribution in [2.24, 2.45) is 0 Å². The van der Waals surface area contributed by atoms with Gasteiger partial charge in [0, 0.05) is 18.7 Å². The molecule has 1 aliphatic rings. The van der Waals surface area contributed by atoms with Crippen molar-refractivity contribution in [1.82, 2.24) is 15.3 Å². The summed E-state index contributed by atoms with van der Waals surface area (Å²) in [6, 6.07) is 1.92. The van der Waals surface area contributed by atoms with E-state index in [0.29, 0.717) is 12.0 Å². The summed E-state index contributed by atoms with van der Waals surface area (Å²) in [5.74, 6) is 0.859. The number of rotatable bonds is 3. The molecule has 0 amide bonds. The van der Waals surface area contributed by atoms with Crippen molar-refractivity contribution in [3.63, 3.8) is 0 Å². The highest BCUT2D eigenvalue weighted by Crippen LogP contribution is 2.12. The molecule has 0 radical (unpaired) electrons.